The van der Waals surface area contributed by atoms with Crippen LogP contribution in [0.1, 0.15) is 5.56 Å². The van der Waals surface area contributed by atoms with Crippen LogP contribution in [0.2, 0.25) is 0 Å². The predicted molar refractivity (Wildman–Crippen MR) is 39.3 cm³/mol. The minimum atomic E-state index is 0.339. The number of furan rings is 1. The number of rotatable bonds is 2. The summed E-state index contributed by atoms with van der Waals surface area (Å²) >= 11 is 3.12. The van der Waals surface area contributed by atoms with Gasteiger partial charge in [-0.2, -0.15) is 0 Å². The van der Waals surface area contributed by atoms with Crippen LogP contribution in [0.3, 0.4) is 0 Å². The Balaban J connectivity index is 2.66. The second-order valence-electron chi connectivity index (χ2n) is 1.65. The molecular formula is C5H4BrN3O. The summed E-state index contributed by atoms with van der Waals surface area (Å²) in [5.41, 5.74) is 8.82. The lowest BCUT2D eigenvalue weighted by Crippen LogP contribution is -1.69. The van der Waals surface area contributed by atoms with Crippen LogP contribution < -0.4 is 0 Å². The van der Waals surface area contributed by atoms with Gasteiger partial charge in [0, 0.05) is 4.91 Å². The highest BCUT2D eigenvalue weighted by atomic mass is 79.9. The molecule has 5 heteroatoms. The van der Waals surface area contributed by atoms with E-state index in [1.165, 1.54) is 0 Å². The second-order valence-corrected chi connectivity index (χ2v) is 2.43. The molecule has 0 saturated heterocycles. The maximum Gasteiger partial charge on any atom is 0.169 e. The quantitative estimate of drug-likeness (QED) is 0.413. The van der Waals surface area contributed by atoms with Crippen LogP contribution in [0.15, 0.2) is 26.5 Å². The van der Waals surface area contributed by atoms with Crippen molar-refractivity contribution < 1.29 is 4.42 Å². The highest BCUT2D eigenvalue weighted by Crippen LogP contribution is 2.14. The molecule has 52 valence electrons. The minimum Gasteiger partial charge on any atom is -0.457 e. The molecule has 0 bridgehead atoms. The highest BCUT2D eigenvalue weighted by molar-refractivity contribution is 9.10. The first kappa shape index (κ1) is 7.18. The predicted octanol–water partition coefficient (Wildman–Crippen LogP) is 2.85. The molecule has 0 spiro atoms. The fraction of sp³-hybridized carbons (Fsp3) is 0.200. The van der Waals surface area contributed by atoms with E-state index in [-0.39, 0.29) is 0 Å². The van der Waals surface area contributed by atoms with E-state index < -0.39 is 0 Å². The fourth-order valence-corrected chi connectivity index (χ4v) is 0.929. The molecule has 0 unspecified atom stereocenters. The van der Waals surface area contributed by atoms with Gasteiger partial charge in [-0.3, -0.25) is 0 Å². The molecule has 0 fully saturated rings. The van der Waals surface area contributed by atoms with Gasteiger partial charge < -0.3 is 4.42 Å². The van der Waals surface area contributed by atoms with Gasteiger partial charge in [0.2, 0.25) is 0 Å². The zero-order chi connectivity index (χ0) is 7.40. The average molecular weight is 202 g/mol. The molecule has 1 rings (SSSR count). The van der Waals surface area contributed by atoms with Crippen molar-refractivity contribution >= 4 is 15.9 Å². The summed E-state index contributed by atoms with van der Waals surface area (Å²) in [4.78, 5) is 2.61. The largest absolute Gasteiger partial charge is 0.457 e. The van der Waals surface area contributed by atoms with Crippen LogP contribution in [0.25, 0.3) is 10.4 Å². The molecule has 0 aromatic carbocycles. The lowest BCUT2D eigenvalue weighted by Gasteiger charge is -1.78. The fourth-order valence-electron chi connectivity index (χ4n) is 0.542. The first-order valence-electron chi connectivity index (χ1n) is 2.56. The zero-order valence-corrected chi connectivity index (χ0v) is 6.58. The Kier molecular flexibility index (Phi) is 2.36. The van der Waals surface area contributed by atoms with Gasteiger partial charge in [-0.1, -0.05) is 5.11 Å². The van der Waals surface area contributed by atoms with E-state index in [2.05, 4.69) is 26.0 Å². The van der Waals surface area contributed by atoms with Gasteiger partial charge >= 0.3 is 0 Å². The maximum atomic E-state index is 7.95. The summed E-state index contributed by atoms with van der Waals surface area (Å²) in [6, 6.07) is 1.76. The number of hydrogen-bond acceptors (Lipinski definition) is 2. The summed E-state index contributed by atoms with van der Waals surface area (Å²) in [5.74, 6) is 0. The molecule has 1 heterocycles. The normalized spacial score (nSPS) is 8.90. The van der Waals surface area contributed by atoms with Crippen molar-refractivity contribution in [1.82, 2.24) is 0 Å². The Bertz CT molecular complexity index is 264. The van der Waals surface area contributed by atoms with Crippen molar-refractivity contribution in [2.24, 2.45) is 5.11 Å². The number of azide groups is 1. The van der Waals surface area contributed by atoms with Crippen LogP contribution in [0, 0.1) is 0 Å². The molecule has 4 nitrogen and oxygen atoms in total. The van der Waals surface area contributed by atoms with Gasteiger partial charge in [0.05, 0.1) is 12.8 Å². The van der Waals surface area contributed by atoms with E-state index in [0.717, 1.165) is 5.56 Å². The summed E-state index contributed by atoms with van der Waals surface area (Å²) in [6.45, 7) is 0.339. The van der Waals surface area contributed by atoms with Gasteiger partial charge in [-0.25, -0.2) is 0 Å². The van der Waals surface area contributed by atoms with Gasteiger partial charge in [0.25, 0.3) is 0 Å². The van der Waals surface area contributed by atoms with Gasteiger partial charge in [0.15, 0.2) is 4.67 Å². The lowest BCUT2D eigenvalue weighted by molar-refractivity contribution is 0.538. The average Bonchev–Trinajstić information content (AvgIpc) is 2.31. The molecule has 0 N–H and O–H groups in total. The third kappa shape index (κ3) is 1.79. The summed E-state index contributed by atoms with van der Waals surface area (Å²) < 4.78 is 5.54. The van der Waals surface area contributed by atoms with Crippen molar-refractivity contribution in [2.45, 2.75) is 6.54 Å². The van der Waals surface area contributed by atoms with Crippen molar-refractivity contribution in [2.75, 3.05) is 0 Å². The van der Waals surface area contributed by atoms with E-state index in [9.17, 15) is 0 Å². The molecule has 0 atom stereocenters. The SMILES string of the molecule is [N-]=[N+]=NCc1coc(Br)c1. The Labute approximate surface area is 65.6 Å². The van der Waals surface area contributed by atoms with Gasteiger partial charge in [-0.15, -0.1) is 0 Å². The second kappa shape index (κ2) is 3.29. The Morgan fingerprint density at radius 1 is 1.80 bits per heavy atom. The van der Waals surface area contributed by atoms with Crippen molar-refractivity contribution in [3.05, 3.63) is 33.0 Å². The van der Waals surface area contributed by atoms with Crippen molar-refractivity contribution in [3.8, 4) is 0 Å². The standard InChI is InChI=1S/C5H4BrN3O/c6-5-1-4(3-10-5)2-8-9-7/h1,3H,2H2. The summed E-state index contributed by atoms with van der Waals surface area (Å²) in [6.07, 6.45) is 1.54. The zero-order valence-electron chi connectivity index (χ0n) is 4.99. The Hall–Kier alpha value is -0.930. The van der Waals surface area contributed by atoms with E-state index in [1.54, 1.807) is 12.3 Å². The molecule has 10 heavy (non-hydrogen) atoms. The molecule has 0 saturated carbocycles. The smallest absolute Gasteiger partial charge is 0.169 e. The number of nitrogens with zero attached hydrogens (tertiary/aromatic N) is 3. The maximum absolute atomic E-state index is 7.95. The summed E-state index contributed by atoms with van der Waals surface area (Å²) in [5, 5.41) is 3.36. The van der Waals surface area contributed by atoms with E-state index >= 15 is 0 Å². The molecule has 1 aromatic heterocycles. The van der Waals surface area contributed by atoms with Crippen LogP contribution in [0.5, 0.6) is 0 Å². The highest BCUT2D eigenvalue weighted by Gasteiger charge is 1.94. The van der Waals surface area contributed by atoms with E-state index in [1.807, 2.05) is 0 Å². The monoisotopic (exact) mass is 201 g/mol. The van der Waals surface area contributed by atoms with Crippen molar-refractivity contribution in [1.29, 1.82) is 0 Å². The molecule has 1 aromatic rings. The molecule has 0 aliphatic heterocycles. The van der Waals surface area contributed by atoms with E-state index in [0.29, 0.717) is 11.2 Å². The molecule has 0 aliphatic rings. The minimum absolute atomic E-state index is 0.339. The Morgan fingerprint density at radius 3 is 3.10 bits per heavy atom. The lowest BCUT2D eigenvalue weighted by atomic mass is 10.4. The third-order valence-electron chi connectivity index (χ3n) is 0.938. The van der Waals surface area contributed by atoms with Gasteiger partial charge in [0.1, 0.15) is 0 Å². The number of halogens is 1. The van der Waals surface area contributed by atoms with Crippen molar-refractivity contribution in [3.63, 3.8) is 0 Å². The van der Waals surface area contributed by atoms with Crippen LogP contribution >= 0.6 is 15.9 Å². The first-order valence-corrected chi connectivity index (χ1v) is 3.36. The third-order valence-corrected chi connectivity index (χ3v) is 1.35. The van der Waals surface area contributed by atoms with Crippen LogP contribution in [0.4, 0.5) is 0 Å². The topological polar surface area (TPSA) is 61.9 Å². The van der Waals surface area contributed by atoms with Crippen LogP contribution in [-0.2, 0) is 6.54 Å². The van der Waals surface area contributed by atoms with Crippen LogP contribution in [-0.4, -0.2) is 0 Å². The molecule has 0 amide bonds. The number of hydrogen-bond donors (Lipinski definition) is 0. The van der Waals surface area contributed by atoms with E-state index in [4.69, 9.17) is 9.95 Å². The molecular weight excluding hydrogens is 198 g/mol. The molecule has 0 radical (unpaired) electrons. The Morgan fingerprint density at radius 2 is 2.60 bits per heavy atom. The first-order chi connectivity index (χ1) is 4.83. The molecule has 0 aliphatic carbocycles. The summed E-state index contributed by atoms with van der Waals surface area (Å²) in [7, 11) is 0. The van der Waals surface area contributed by atoms with Gasteiger partial charge in [-0.05, 0) is 33.1 Å².